The highest BCUT2D eigenvalue weighted by atomic mass is 16.7. The molecule has 8 heteroatoms. The Bertz CT molecular complexity index is 929. The summed E-state index contributed by atoms with van der Waals surface area (Å²) in [5.74, 6) is -0.300. The van der Waals surface area contributed by atoms with E-state index in [-0.39, 0.29) is 32.3 Å². The van der Waals surface area contributed by atoms with Gasteiger partial charge < -0.3 is 23.5 Å². The van der Waals surface area contributed by atoms with Crippen molar-refractivity contribution in [2.45, 2.75) is 27.3 Å². The van der Waals surface area contributed by atoms with Crippen LogP contribution in [0.25, 0.3) is 0 Å². The molecule has 8 nitrogen and oxygen atoms in total. The maximum Gasteiger partial charge on any atom is 0.339 e. The Morgan fingerprint density at radius 1 is 1.07 bits per heavy atom. The van der Waals surface area contributed by atoms with E-state index in [9.17, 15) is 14.4 Å². The maximum atomic E-state index is 12.3. The Hall–Kier alpha value is -3.29. The summed E-state index contributed by atoms with van der Waals surface area (Å²) in [6.07, 6.45) is 0. The molecule has 1 aliphatic heterocycles. The van der Waals surface area contributed by atoms with Gasteiger partial charge in [-0.05, 0) is 45.0 Å². The van der Waals surface area contributed by atoms with E-state index in [1.165, 1.54) is 0 Å². The van der Waals surface area contributed by atoms with Crippen molar-refractivity contribution in [3.8, 4) is 11.5 Å². The summed E-state index contributed by atoms with van der Waals surface area (Å²) < 4.78 is 22.2. The van der Waals surface area contributed by atoms with Crippen molar-refractivity contribution in [2.75, 3.05) is 20.0 Å². The number of aromatic nitrogens is 1. The molecule has 0 fully saturated rings. The van der Waals surface area contributed by atoms with E-state index in [0.717, 1.165) is 5.69 Å². The topological polar surface area (TPSA) is 93.1 Å². The van der Waals surface area contributed by atoms with E-state index in [1.54, 1.807) is 49.6 Å². The number of ketones is 1. The van der Waals surface area contributed by atoms with Gasteiger partial charge in [-0.25, -0.2) is 4.79 Å². The van der Waals surface area contributed by atoms with Crippen molar-refractivity contribution in [2.24, 2.45) is 0 Å². The van der Waals surface area contributed by atoms with Gasteiger partial charge in [0.05, 0.1) is 12.2 Å². The molecule has 1 aromatic heterocycles. The van der Waals surface area contributed by atoms with E-state index in [2.05, 4.69) is 0 Å². The number of hydrogen-bond donors (Lipinski definition) is 0. The van der Waals surface area contributed by atoms with Gasteiger partial charge in [-0.2, -0.15) is 0 Å². The molecular weight excluding hydrogens is 366 g/mol. The van der Waals surface area contributed by atoms with Crippen LogP contribution in [-0.2, 0) is 20.8 Å². The molecule has 0 saturated carbocycles. The van der Waals surface area contributed by atoms with Gasteiger partial charge in [-0.15, -0.1) is 0 Å². The lowest BCUT2D eigenvalue weighted by atomic mass is 10.1. The van der Waals surface area contributed by atoms with Crippen LogP contribution in [0.2, 0.25) is 0 Å². The molecule has 28 heavy (non-hydrogen) atoms. The molecule has 1 aliphatic rings. The van der Waals surface area contributed by atoms with Crippen molar-refractivity contribution >= 4 is 17.7 Å². The van der Waals surface area contributed by atoms with Crippen LogP contribution < -0.4 is 9.47 Å². The molecule has 0 aliphatic carbocycles. The van der Waals surface area contributed by atoms with Crippen LogP contribution >= 0.6 is 0 Å². The summed E-state index contributed by atoms with van der Waals surface area (Å²) in [4.78, 5) is 36.4. The van der Waals surface area contributed by atoms with Crippen molar-refractivity contribution in [3.63, 3.8) is 0 Å². The molecule has 0 radical (unpaired) electrons. The highest BCUT2D eigenvalue weighted by molar-refractivity contribution is 5.98. The van der Waals surface area contributed by atoms with Gasteiger partial charge in [-0.3, -0.25) is 9.59 Å². The first-order valence-electron chi connectivity index (χ1n) is 8.83. The van der Waals surface area contributed by atoms with Gasteiger partial charge in [-0.1, -0.05) is 0 Å². The number of esters is 2. The minimum Gasteiger partial charge on any atom is -0.462 e. The highest BCUT2D eigenvalue weighted by Crippen LogP contribution is 2.32. The van der Waals surface area contributed by atoms with Gasteiger partial charge >= 0.3 is 11.9 Å². The zero-order valence-corrected chi connectivity index (χ0v) is 15.9. The summed E-state index contributed by atoms with van der Waals surface area (Å²) in [5, 5.41) is 0. The van der Waals surface area contributed by atoms with Gasteiger partial charge in [0.2, 0.25) is 6.79 Å². The van der Waals surface area contributed by atoms with Crippen LogP contribution in [0.4, 0.5) is 0 Å². The van der Waals surface area contributed by atoms with E-state index >= 15 is 0 Å². The smallest absolute Gasteiger partial charge is 0.339 e. The van der Waals surface area contributed by atoms with Gasteiger partial charge in [0.15, 0.2) is 23.9 Å². The molecule has 0 bridgehead atoms. The van der Waals surface area contributed by atoms with Crippen molar-refractivity contribution < 1.29 is 33.3 Å². The minimum atomic E-state index is -0.577. The monoisotopic (exact) mass is 387 g/mol. The fourth-order valence-electron chi connectivity index (χ4n) is 2.93. The van der Waals surface area contributed by atoms with Crippen molar-refractivity contribution in [1.29, 1.82) is 0 Å². The third-order valence-corrected chi connectivity index (χ3v) is 4.41. The minimum absolute atomic E-state index is 0.106. The van der Waals surface area contributed by atoms with Gasteiger partial charge in [0.25, 0.3) is 0 Å². The zero-order valence-electron chi connectivity index (χ0n) is 15.9. The number of nitrogens with zero attached hydrogens (tertiary/aromatic N) is 1. The summed E-state index contributed by atoms with van der Waals surface area (Å²) in [5.41, 5.74) is 2.10. The third-order valence-electron chi connectivity index (χ3n) is 4.41. The molecule has 0 unspecified atom stereocenters. The largest absolute Gasteiger partial charge is 0.462 e. The van der Waals surface area contributed by atoms with Crippen LogP contribution in [0.15, 0.2) is 24.3 Å². The van der Waals surface area contributed by atoms with E-state index in [1.807, 2.05) is 0 Å². The van der Waals surface area contributed by atoms with E-state index in [0.29, 0.717) is 28.3 Å². The number of carbonyl (C=O) groups is 3. The molecule has 2 heterocycles. The van der Waals surface area contributed by atoms with Crippen molar-refractivity contribution in [3.05, 3.63) is 46.8 Å². The lowest BCUT2D eigenvalue weighted by Crippen LogP contribution is -2.20. The van der Waals surface area contributed by atoms with Crippen LogP contribution in [0.3, 0.4) is 0 Å². The van der Waals surface area contributed by atoms with Gasteiger partial charge in [0, 0.05) is 17.0 Å². The average molecular weight is 387 g/mol. The second kappa shape index (κ2) is 8.16. The third kappa shape index (κ3) is 4.00. The summed E-state index contributed by atoms with van der Waals surface area (Å²) in [6.45, 7) is 5.13. The highest BCUT2D eigenvalue weighted by Gasteiger charge is 2.20. The summed E-state index contributed by atoms with van der Waals surface area (Å²) >= 11 is 0. The Labute approximate surface area is 161 Å². The Balaban J connectivity index is 1.60. The molecule has 0 amide bonds. The van der Waals surface area contributed by atoms with Crippen LogP contribution in [0.1, 0.15) is 39.0 Å². The van der Waals surface area contributed by atoms with Crippen LogP contribution in [-0.4, -0.2) is 42.3 Å². The second-order valence-corrected chi connectivity index (χ2v) is 6.24. The first kappa shape index (κ1) is 19.5. The first-order chi connectivity index (χ1) is 13.4. The summed E-state index contributed by atoms with van der Waals surface area (Å²) in [6, 6.07) is 6.46. The molecule has 2 aromatic rings. The van der Waals surface area contributed by atoms with E-state index < -0.39 is 11.9 Å². The molecular formula is C20H21NO7. The number of fused-ring (bicyclic) bond motifs is 1. The lowest BCUT2D eigenvalue weighted by molar-refractivity contribution is -0.143. The number of ether oxygens (including phenoxy) is 4. The maximum absolute atomic E-state index is 12.3. The lowest BCUT2D eigenvalue weighted by Gasteiger charge is -2.10. The molecule has 3 rings (SSSR count). The van der Waals surface area contributed by atoms with Crippen LogP contribution in [0, 0.1) is 13.8 Å². The fourth-order valence-corrected chi connectivity index (χ4v) is 2.93. The predicted molar refractivity (Wildman–Crippen MR) is 97.7 cm³/mol. The number of benzene rings is 1. The standard InChI is InChI=1S/C20H21NO7/c1-4-25-20(24)15-7-12(2)21(13(15)3)9-19(23)26-10-16(22)14-5-6-17-18(8-14)28-11-27-17/h5-8H,4,9-11H2,1-3H3. The second-order valence-electron chi connectivity index (χ2n) is 6.24. The first-order valence-corrected chi connectivity index (χ1v) is 8.83. The molecule has 0 saturated heterocycles. The van der Waals surface area contributed by atoms with E-state index in [4.69, 9.17) is 18.9 Å². The molecule has 0 spiro atoms. The molecule has 148 valence electrons. The molecule has 0 N–H and O–H groups in total. The number of hydrogen-bond acceptors (Lipinski definition) is 7. The predicted octanol–water partition coefficient (Wildman–Crippen LogP) is 2.44. The Kier molecular flexibility index (Phi) is 5.67. The number of Topliss-reactive ketones (excluding diaryl/α,β-unsaturated/α-hetero) is 1. The SMILES string of the molecule is CCOC(=O)c1cc(C)n(CC(=O)OCC(=O)c2ccc3c(c2)OCO3)c1C. The molecule has 1 aromatic carbocycles. The molecule has 0 atom stereocenters. The number of rotatable bonds is 7. The normalized spacial score (nSPS) is 12.0. The zero-order chi connectivity index (χ0) is 20.3. The van der Waals surface area contributed by atoms with Crippen LogP contribution in [0.5, 0.6) is 11.5 Å². The quantitative estimate of drug-likeness (QED) is 0.532. The average Bonchev–Trinajstić information content (AvgIpc) is 3.25. The number of aryl methyl sites for hydroxylation is 1. The summed E-state index contributed by atoms with van der Waals surface area (Å²) in [7, 11) is 0. The van der Waals surface area contributed by atoms with Gasteiger partial charge in [0.1, 0.15) is 6.54 Å². The Morgan fingerprint density at radius 2 is 1.82 bits per heavy atom. The Morgan fingerprint density at radius 3 is 2.57 bits per heavy atom. The van der Waals surface area contributed by atoms with Crippen molar-refractivity contribution in [1.82, 2.24) is 4.57 Å². The number of carbonyl (C=O) groups excluding carboxylic acids is 3. The fraction of sp³-hybridized carbons (Fsp3) is 0.350.